The standard InChI is InChI=1S/C17H13ClN2S.ClH/c1-10-16(13-8-11(18)6-7-15(13)21-10)17-12-4-2-3-5-14(12)19-9-20-17;/h2-9,17H,1H3,(H,19,20);1H. The fourth-order valence-electron chi connectivity index (χ4n) is 2.91. The van der Waals surface area contributed by atoms with Crippen molar-refractivity contribution in [1.29, 1.82) is 0 Å². The number of hydrogen-bond donors (Lipinski definition) is 1. The molecule has 0 saturated heterocycles. The van der Waals surface area contributed by atoms with E-state index in [4.69, 9.17) is 11.6 Å². The third kappa shape index (κ3) is 2.39. The zero-order chi connectivity index (χ0) is 14.4. The largest absolute Gasteiger partial charge is 0.346 e. The summed E-state index contributed by atoms with van der Waals surface area (Å²) in [5, 5.41) is 5.20. The van der Waals surface area contributed by atoms with E-state index in [1.54, 1.807) is 17.7 Å². The molecule has 0 bridgehead atoms. The predicted molar refractivity (Wildman–Crippen MR) is 99.2 cm³/mol. The van der Waals surface area contributed by atoms with E-state index in [0.717, 1.165) is 10.7 Å². The Bertz CT molecular complexity index is 870. The fourth-order valence-corrected chi connectivity index (χ4v) is 4.16. The maximum Gasteiger partial charge on any atom is 0.105 e. The van der Waals surface area contributed by atoms with Crippen molar-refractivity contribution in [2.75, 3.05) is 5.32 Å². The summed E-state index contributed by atoms with van der Waals surface area (Å²) in [5.41, 5.74) is 3.60. The molecule has 1 N–H and O–H groups in total. The van der Waals surface area contributed by atoms with Crippen molar-refractivity contribution in [1.82, 2.24) is 0 Å². The number of thiophene rings is 1. The molecule has 0 saturated carbocycles. The van der Waals surface area contributed by atoms with E-state index >= 15 is 0 Å². The lowest BCUT2D eigenvalue weighted by molar-refractivity contribution is 0.876. The van der Waals surface area contributed by atoms with E-state index < -0.39 is 0 Å². The van der Waals surface area contributed by atoms with Crippen molar-refractivity contribution >= 4 is 57.5 Å². The summed E-state index contributed by atoms with van der Waals surface area (Å²) in [5.74, 6) is 0. The third-order valence-electron chi connectivity index (χ3n) is 3.85. The molecule has 1 aliphatic rings. The first-order valence-corrected chi connectivity index (χ1v) is 7.99. The van der Waals surface area contributed by atoms with Gasteiger partial charge in [-0.3, -0.25) is 4.99 Å². The van der Waals surface area contributed by atoms with Gasteiger partial charge in [0.05, 0.1) is 6.34 Å². The maximum absolute atomic E-state index is 6.19. The molecule has 2 aromatic carbocycles. The van der Waals surface area contributed by atoms with Gasteiger partial charge in [0.25, 0.3) is 0 Å². The quantitative estimate of drug-likeness (QED) is 0.587. The monoisotopic (exact) mass is 348 g/mol. The van der Waals surface area contributed by atoms with Gasteiger partial charge in [-0.1, -0.05) is 29.8 Å². The summed E-state index contributed by atoms with van der Waals surface area (Å²) in [7, 11) is 0. The van der Waals surface area contributed by atoms with Gasteiger partial charge in [-0.25, -0.2) is 0 Å². The molecule has 2 nitrogen and oxygen atoms in total. The first-order valence-electron chi connectivity index (χ1n) is 6.80. The zero-order valence-electron chi connectivity index (χ0n) is 11.8. The lowest BCUT2D eigenvalue weighted by Gasteiger charge is -2.21. The summed E-state index contributed by atoms with van der Waals surface area (Å²) in [6.45, 7) is 2.16. The predicted octanol–water partition coefficient (Wildman–Crippen LogP) is 5.83. The van der Waals surface area contributed by atoms with Gasteiger partial charge in [0, 0.05) is 31.4 Å². The lowest BCUT2D eigenvalue weighted by Crippen LogP contribution is -2.11. The van der Waals surface area contributed by atoms with Crippen LogP contribution in [0, 0.1) is 6.92 Å². The number of halogens is 2. The van der Waals surface area contributed by atoms with Gasteiger partial charge in [-0.15, -0.1) is 23.7 Å². The average Bonchev–Trinajstić information content (AvgIpc) is 2.82. The molecule has 5 heteroatoms. The van der Waals surface area contributed by atoms with E-state index in [2.05, 4.69) is 47.6 Å². The van der Waals surface area contributed by atoms with Gasteiger partial charge in [-0.2, -0.15) is 0 Å². The van der Waals surface area contributed by atoms with E-state index in [1.165, 1.54) is 26.1 Å². The molecule has 1 aromatic heterocycles. The molecule has 1 aliphatic heterocycles. The van der Waals surface area contributed by atoms with Crippen molar-refractivity contribution in [3.8, 4) is 0 Å². The van der Waals surface area contributed by atoms with Crippen molar-refractivity contribution in [2.24, 2.45) is 4.99 Å². The number of anilines is 1. The minimum atomic E-state index is 0. The molecular weight excluding hydrogens is 335 g/mol. The summed E-state index contributed by atoms with van der Waals surface area (Å²) < 4.78 is 1.26. The zero-order valence-corrected chi connectivity index (χ0v) is 14.2. The van der Waals surface area contributed by atoms with Gasteiger partial charge in [-0.05, 0) is 36.6 Å². The number of benzene rings is 2. The Morgan fingerprint density at radius 1 is 1.18 bits per heavy atom. The number of nitrogens with one attached hydrogen (secondary N) is 1. The summed E-state index contributed by atoms with van der Waals surface area (Å²) >= 11 is 8.00. The van der Waals surface area contributed by atoms with Crippen molar-refractivity contribution in [2.45, 2.75) is 13.0 Å². The molecule has 112 valence electrons. The number of hydrogen-bond acceptors (Lipinski definition) is 3. The van der Waals surface area contributed by atoms with Crippen LogP contribution in [0.2, 0.25) is 5.02 Å². The number of aryl methyl sites for hydroxylation is 1. The Labute approximate surface area is 144 Å². The smallest absolute Gasteiger partial charge is 0.105 e. The first kappa shape index (κ1) is 15.3. The second-order valence-electron chi connectivity index (χ2n) is 5.12. The van der Waals surface area contributed by atoms with E-state index in [1.807, 2.05) is 12.1 Å². The number of rotatable bonds is 1. The number of para-hydroxylation sites is 1. The van der Waals surface area contributed by atoms with Crippen LogP contribution < -0.4 is 5.32 Å². The van der Waals surface area contributed by atoms with Crippen LogP contribution in [0.4, 0.5) is 5.69 Å². The highest BCUT2D eigenvalue weighted by Crippen LogP contribution is 2.42. The first-order chi connectivity index (χ1) is 10.2. The minimum Gasteiger partial charge on any atom is -0.346 e. The highest BCUT2D eigenvalue weighted by Gasteiger charge is 2.24. The number of fused-ring (bicyclic) bond motifs is 2. The maximum atomic E-state index is 6.19. The molecule has 0 spiro atoms. The van der Waals surface area contributed by atoms with Crippen LogP contribution in [0.15, 0.2) is 47.5 Å². The Morgan fingerprint density at radius 2 is 2.00 bits per heavy atom. The SMILES string of the molecule is Cc1sc2ccc(Cl)cc2c1C1N=CNc2ccccc21.Cl. The number of nitrogens with zero attached hydrogens (tertiary/aromatic N) is 1. The molecular formula is C17H14Cl2N2S. The van der Waals surface area contributed by atoms with Crippen LogP contribution in [-0.4, -0.2) is 6.34 Å². The molecule has 1 atom stereocenters. The van der Waals surface area contributed by atoms with E-state index in [0.29, 0.717) is 0 Å². The highest BCUT2D eigenvalue weighted by molar-refractivity contribution is 7.19. The van der Waals surface area contributed by atoms with E-state index in [9.17, 15) is 0 Å². The van der Waals surface area contributed by atoms with Crippen molar-refractivity contribution in [3.63, 3.8) is 0 Å². The van der Waals surface area contributed by atoms with Crippen LogP contribution in [0.3, 0.4) is 0 Å². The van der Waals surface area contributed by atoms with Gasteiger partial charge in [0.15, 0.2) is 0 Å². The molecule has 1 unspecified atom stereocenters. The normalized spacial score (nSPS) is 16.0. The van der Waals surface area contributed by atoms with Crippen molar-refractivity contribution in [3.05, 3.63) is 63.5 Å². The Balaban J connectivity index is 0.00000144. The molecule has 22 heavy (non-hydrogen) atoms. The van der Waals surface area contributed by atoms with Gasteiger partial charge in [0.2, 0.25) is 0 Å². The second-order valence-corrected chi connectivity index (χ2v) is 6.82. The molecule has 4 rings (SSSR count). The van der Waals surface area contributed by atoms with Crippen LogP contribution in [0.25, 0.3) is 10.1 Å². The third-order valence-corrected chi connectivity index (χ3v) is 5.18. The Morgan fingerprint density at radius 3 is 2.86 bits per heavy atom. The minimum absolute atomic E-state index is 0. The molecule has 2 heterocycles. The van der Waals surface area contributed by atoms with Crippen LogP contribution in [0.5, 0.6) is 0 Å². The van der Waals surface area contributed by atoms with Gasteiger partial charge < -0.3 is 5.32 Å². The Kier molecular flexibility index (Phi) is 4.13. The van der Waals surface area contributed by atoms with Gasteiger partial charge in [0.1, 0.15) is 6.04 Å². The van der Waals surface area contributed by atoms with E-state index in [-0.39, 0.29) is 18.4 Å². The highest BCUT2D eigenvalue weighted by atomic mass is 35.5. The van der Waals surface area contributed by atoms with Crippen LogP contribution in [0.1, 0.15) is 22.0 Å². The van der Waals surface area contributed by atoms with Gasteiger partial charge >= 0.3 is 0 Å². The summed E-state index contributed by atoms with van der Waals surface area (Å²) in [6, 6.07) is 14.5. The molecule has 3 aromatic rings. The van der Waals surface area contributed by atoms with Crippen LogP contribution in [-0.2, 0) is 0 Å². The van der Waals surface area contributed by atoms with Crippen LogP contribution >= 0.6 is 35.3 Å². The molecule has 0 amide bonds. The molecule has 0 radical (unpaired) electrons. The topological polar surface area (TPSA) is 24.4 Å². The molecule has 0 fully saturated rings. The Hall–Kier alpha value is -1.55. The average molecular weight is 349 g/mol. The fraction of sp³-hybridized carbons (Fsp3) is 0.118. The lowest BCUT2D eigenvalue weighted by atomic mass is 9.94. The number of aliphatic imine (C=N–C) groups is 1. The van der Waals surface area contributed by atoms with Crippen molar-refractivity contribution < 1.29 is 0 Å². The second kappa shape index (κ2) is 5.92. The summed E-state index contributed by atoms with van der Waals surface area (Å²) in [4.78, 5) is 5.98. The summed E-state index contributed by atoms with van der Waals surface area (Å²) in [6.07, 6.45) is 1.79. The molecule has 0 aliphatic carbocycles.